The van der Waals surface area contributed by atoms with Crippen LogP contribution in [-0.4, -0.2) is 34.0 Å². The van der Waals surface area contributed by atoms with Gasteiger partial charge in [-0.05, 0) is 45.4 Å². The predicted octanol–water partition coefficient (Wildman–Crippen LogP) is 2.69. The zero-order valence-electron chi connectivity index (χ0n) is 12.5. The molecule has 0 spiro atoms. The van der Waals surface area contributed by atoms with Gasteiger partial charge >= 0.3 is 5.97 Å². The Labute approximate surface area is 115 Å². The predicted molar refractivity (Wildman–Crippen MR) is 74.7 cm³/mol. The van der Waals surface area contributed by atoms with Gasteiger partial charge in [0.1, 0.15) is 6.04 Å². The number of carbonyl (C=O) groups excluding carboxylic acids is 1. The van der Waals surface area contributed by atoms with Gasteiger partial charge in [-0.1, -0.05) is 18.6 Å². The summed E-state index contributed by atoms with van der Waals surface area (Å²) in [5, 5.41) is 9.55. The summed E-state index contributed by atoms with van der Waals surface area (Å²) in [6.45, 7) is 9.32. The maximum Gasteiger partial charge on any atom is 0.326 e. The number of rotatable bonds is 4. The van der Waals surface area contributed by atoms with Crippen molar-refractivity contribution in [2.24, 2.45) is 11.8 Å². The average molecular weight is 267 g/mol. The van der Waals surface area contributed by atoms with Crippen LogP contribution in [0, 0.1) is 11.8 Å². The molecule has 0 aliphatic heterocycles. The Bertz CT molecular complexity index is 387. The molecule has 0 bridgehead atoms. The molecule has 108 valence electrons. The third kappa shape index (κ3) is 3.82. The average Bonchev–Trinajstić information content (AvgIpc) is 2.22. The van der Waals surface area contributed by atoms with E-state index < -0.39 is 12.0 Å². The highest BCUT2D eigenvalue weighted by molar-refractivity contribution is 5.82. The second-order valence-corrected chi connectivity index (χ2v) is 5.99. The molecule has 1 aliphatic rings. The summed E-state index contributed by atoms with van der Waals surface area (Å²) in [4.78, 5) is 24.9. The minimum Gasteiger partial charge on any atom is -0.480 e. The van der Waals surface area contributed by atoms with Crippen molar-refractivity contribution < 1.29 is 14.7 Å². The van der Waals surface area contributed by atoms with Crippen LogP contribution in [0.3, 0.4) is 0 Å². The molecule has 0 heterocycles. The molecule has 1 amide bonds. The lowest BCUT2D eigenvalue weighted by atomic mass is 9.78. The summed E-state index contributed by atoms with van der Waals surface area (Å²) in [6, 6.07) is -0.816. The van der Waals surface area contributed by atoms with Crippen LogP contribution in [0.4, 0.5) is 0 Å². The van der Waals surface area contributed by atoms with Gasteiger partial charge in [0.2, 0.25) is 5.91 Å². The molecule has 0 aromatic rings. The van der Waals surface area contributed by atoms with Gasteiger partial charge in [-0.25, -0.2) is 4.79 Å². The maximum absolute atomic E-state index is 11.8. The highest BCUT2D eigenvalue weighted by atomic mass is 16.4. The van der Waals surface area contributed by atoms with E-state index in [9.17, 15) is 14.7 Å². The van der Waals surface area contributed by atoms with Crippen LogP contribution in [0.25, 0.3) is 0 Å². The molecule has 1 rings (SSSR count). The van der Waals surface area contributed by atoms with E-state index in [-0.39, 0.29) is 17.9 Å². The Morgan fingerprint density at radius 1 is 1.42 bits per heavy atom. The molecule has 3 unspecified atom stereocenters. The summed E-state index contributed by atoms with van der Waals surface area (Å²) in [5.74, 6) is -0.677. The molecule has 0 aromatic carbocycles. The molecule has 3 atom stereocenters. The van der Waals surface area contributed by atoms with Gasteiger partial charge in [0, 0.05) is 13.0 Å². The quantitative estimate of drug-likeness (QED) is 0.797. The van der Waals surface area contributed by atoms with Gasteiger partial charge in [0.15, 0.2) is 0 Å². The van der Waals surface area contributed by atoms with Crippen molar-refractivity contribution in [3.05, 3.63) is 11.6 Å². The van der Waals surface area contributed by atoms with E-state index in [4.69, 9.17) is 0 Å². The number of carboxylic acids is 1. The van der Waals surface area contributed by atoms with E-state index in [1.54, 1.807) is 0 Å². The van der Waals surface area contributed by atoms with Crippen molar-refractivity contribution in [1.82, 2.24) is 4.90 Å². The van der Waals surface area contributed by atoms with Crippen LogP contribution in [0.15, 0.2) is 11.6 Å². The van der Waals surface area contributed by atoms with Crippen LogP contribution >= 0.6 is 0 Å². The van der Waals surface area contributed by atoms with Crippen molar-refractivity contribution in [3.8, 4) is 0 Å². The minimum atomic E-state index is -0.893. The topological polar surface area (TPSA) is 57.6 Å². The van der Waals surface area contributed by atoms with Gasteiger partial charge in [0.05, 0.1) is 0 Å². The third-order valence-electron chi connectivity index (χ3n) is 3.75. The number of carbonyl (C=O) groups is 2. The number of nitrogens with zero attached hydrogens (tertiary/aromatic N) is 1. The van der Waals surface area contributed by atoms with Gasteiger partial charge in [-0.15, -0.1) is 0 Å². The van der Waals surface area contributed by atoms with Crippen LogP contribution in [0.1, 0.15) is 47.5 Å². The molecule has 4 heteroatoms. The third-order valence-corrected chi connectivity index (χ3v) is 3.75. The van der Waals surface area contributed by atoms with Crippen LogP contribution < -0.4 is 0 Å². The molecule has 1 aliphatic carbocycles. The monoisotopic (exact) mass is 267 g/mol. The number of carboxylic acid groups (broad SMARTS) is 1. The highest BCUT2D eigenvalue weighted by Crippen LogP contribution is 2.33. The SMILES string of the molecule is CC(=O)N(C(C)C)C(C(=O)O)C1CC(C)=CC(C)C1. The van der Waals surface area contributed by atoms with E-state index in [1.165, 1.54) is 17.4 Å². The fourth-order valence-electron chi connectivity index (χ4n) is 3.27. The Balaban J connectivity index is 3.04. The van der Waals surface area contributed by atoms with E-state index in [2.05, 4.69) is 13.0 Å². The second-order valence-electron chi connectivity index (χ2n) is 5.99. The standard InChI is InChI=1S/C15H25NO3/c1-9(2)16(12(5)17)14(15(18)19)13-7-10(3)6-11(4)8-13/h6,9-10,13-14H,7-8H2,1-5H3,(H,18,19). The number of allylic oxidation sites excluding steroid dienone is 2. The first-order valence-electron chi connectivity index (χ1n) is 6.93. The van der Waals surface area contributed by atoms with E-state index in [0.717, 1.165) is 12.8 Å². The summed E-state index contributed by atoms with van der Waals surface area (Å²) >= 11 is 0. The van der Waals surface area contributed by atoms with E-state index >= 15 is 0 Å². The molecule has 0 saturated carbocycles. The molecule has 0 aromatic heterocycles. The lowest BCUT2D eigenvalue weighted by Gasteiger charge is -2.39. The zero-order valence-corrected chi connectivity index (χ0v) is 12.5. The molecule has 0 fully saturated rings. The molecular formula is C15H25NO3. The number of hydrogen-bond donors (Lipinski definition) is 1. The van der Waals surface area contributed by atoms with Gasteiger partial charge in [-0.3, -0.25) is 4.79 Å². The molecule has 1 N–H and O–H groups in total. The Morgan fingerprint density at radius 3 is 2.37 bits per heavy atom. The van der Waals surface area contributed by atoms with Gasteiger partial charge < -0.3 is 10.0 Å². The number of aliphatic carboxylic acids is 1. The summed E-state index contributed by atoms with van der Waals surface area (Å²) in [5.41, 5.74) is 1.22. The van der Waals surface area contributed by atoms with Crippen LogP contribution in [-0.2, 0) is 9.59 Å². The normalized spacial score (nSPS) is 24.8. The fourth-order valence-corrected chi connectivity index (χ4v) is 3.27. The lowest BCUT2D eigenvalue weighted by molar-refractivity contribution is -0.154. The highest BCUT2D eigenvalue weighted by Gasteiger charge is 2.38. The number of hydrogen-bond acceptors (Lipinski definition) is 2. The van der Waals surface area contributed by atoms with Crippen molar-refractivity contribution in [2.75, 3.05) is 0 Å². The van der Waals surface area contributed by atoms with Crippen molar-refractivity contribution in [1.29, 1.82) is 0 Å². The summed E-state index contributed by atoms with van der Waals surface area (Å²) in [7, 11) is 0. The largest absolute Gasteiger partial charge is 0.480 e. The van der Waals surface area contributed by atoms with Crippen molar-refractivity contribution >= 4 is 11.9 Å². The maximum atomic E-state index is 11.8. The Hall–Kier alpha value is -1.32. The molecule has 0 saturated heterocycles. The van der Waals surface area contributed by atoms with Gasteiger partial charge in [0.25, 0.3) is 0 Å². The molecule has 4 nitrogen and oxygen atoms in total. The lowest BCUT2D eigenvalue weighted by Crippen LogP contribution is -2.52. The van der Waals surface area contributed by atoms with Crippen LogP contribution in [0.2, 0.25) is 0 Å². The molecular weight excluding hydrogens is 242 g/mol. The van der Waals surface area contributed by atoms with E-state index in [1.807, 2.05) is 20.8 Å². The molecule has 0 radical (unpaired) electrons. The molecule has 19 heavy (non-hydrogen) atoms. The first-order chi connectivity index (χ1) is 8.73. The zero-order chi connectivity index (χ0) is 14.7. The number of amides is 1. The van der Waals surface area contributed by atoms with Crippen molar-refractivity contribution in [3.63, 3.8) is 0 Å². The fraction of sp³-hybridized carbons (Fsp3) is 0.733. The van der Waals surface area contributed by atoms with Crippen molar-refractivity contribution in [2.45, 2.75) is 59.5 Å². The first-order valence-corrected chi connectivity index (χ1v) is 6.93. The second kappa shape index (κ2) is 6.22. The summed E-state index contributed by atoms with van der Waals surface area (Å²) < 4.78 is 0. The van der Waals surface area contributed by atoms with Gasteiger partial charge in [-0.2, -0.15) is 0 Å². The van der Waals surface area contributed by atoms with Crippen LogP contribution in [0.5, 0.6) is 0 Å². The Kier molecular flexibility index (Phi) is 5.15. The first kappa shape index (κ1) is 15.7. The Morgan fingerprint density at radius 2 is 2.00 bits per heavy atom. The smallest absolute Gasteiger partial charge is 0.326 e. The van der Waals surface area contributed by atoms with E-state index in [0.29, 0.717) is 5.92 Å². The minimum absolute atomic E-state index is 0.00352. The summed E-state index contributed by atoms with van der Waals surface area (Å²) in [6.07, 6.45) is 3.78.